The smallest absolute Gasteiger partial charge is 0.234 e. The summed E-state index contributed by atoms with van der Waals surface area (Å²) < 4.78 is 1.83. The van der Waals surface area contributed by atoms with E-state index in [0.717, 1.165) is 0 Å². The maximum Gasteiger partial charge on any atom is 0.234 e. The predicted molar refractivity (Wildman–Crippen MR) is 121 cm³/mol. The Hall–Kier alpha value is -2.84. The number of thioether (sulfide) groups is 1. The number of amides is 2. The monoisotopic (exact) mass is 455 g/mol. The molecule has 160 valence electrons. The van der Waals surface area contributed by atoms with Crippen LogP contribution in [0.1, 0.15) is 23.7 Å². The van der Waals surface area contributed by atoms with E-state index < -0.39 is 0 Å². The van der Waals surface area contributed by atoms with Crippen LogP contribution in [0.3, 0.4) is 0 Å². The van der Waals surface area contributed by atoms with Crippen LogP contribution >= 0.6 is 23.4 Å². The lowest BCUT2D eigenvalue weighted by atomic mass is 9.99. The van der Waals surface area contributed by atoms with E-state index in [4.69, 9.17) is 11.6 Å². The Morgan fingerprint density at radius 3 is 2.68 bits per heavy atom. The Balaban J connectivity index is 1.33. The van der Waals surface area contributed by atoms with Crippen molar-refractivity contribution in [3.05, 3.63) is 71.0 Å². The number of hydrogen-bond donors (Lipinski definition) is 1. The summed E-state index contributed by atoms with van der Waals surface area (Å²) in [7, 11) is 1.85. The lowest BCUT2D eigenvalue weighted by Crippen LogP contribution is -2.26. The minimum Gasteiger partial charge on any atom is -0.335 e. The van der Waals surface area contributed by atoms with Gasteiger partial charge in [0.05, 0.1) is 23.0 Å². The molecule has 1 aliphatic rings. The molecular formula is C22H22ClN5O2S. The SMILES string of the molecule is Cn1c(CN2C[C@H](c3ccccc3)CC2=O)nnc1SCC(=O)Nc1ccccc1Cl. The van der Waals surface area contributed by atoms with Gasteiger partial charge in [-0.2, -0.15) is 0 Å². The minimum atomic E-state index is -0.178. The molecule has 2 amide bonds. The van der Waals surface area contributed by atoms with Crippen LogP contribution in [-0.2, 0) is 23.2 Å². The van der Waals surface area contributed by atoms with Gasteiger partial charge in [0.1, 0.15) is 0 Å². The van der Waals surface area contributed by atoms with Crippen molar-refractivity contribution in [1.29, 1.82) is 0 Å². The van der Waals surface area contributed by atoms with Crippen LogP contribution in [0, 0.1) is 0 Å². The Morgan fingerprint density at radius 2 is 1.90 bits per heavy atom. The molecule has 0 aliphatic carbocycles. The van der Waals surface area contributed by atoms with Gasteiger partial charge in [0.15, 0.2) is 11.0 Å². The summed E-state index contributed by atoms with van der Waals surface area (Å²) in [5.74, 6) is 1.00. The second-order valence-electron chi connectivity index (χ2n) is 7.36. The number of rotatable bonds is 7. The largest absolute Gasteiger partial charge is 0.335 e. The summed E-state index contributed by atoms with van der Waals surface area (Å²) in [4.78, 5) is 26.6. The molecule has 1 aliphatic heterocycles. The standard InChI is InChI=1S/C22H22ClN5O2S/c1-27-19(13-28-12-16(11-21(28)30)15-7-3-2-4-8-15)25-26-22(27)31-14-20(29)24-18-10-6-5-9-17(18)23/h2-10,16H,11-14H2,1H3,(H,24,29)/t16-/m1/s1. The van der Waals surface area contributed by atoms with Gasteiger partial charge in [-0.1, -0.05) is 65.8 Å². The third-order valence-electron chi connectivity index (χ3n) is 5.22. The number of nitrogens with zero attached hydrogens (tertiary/aromatic N) is 4. The van der Waals surface area contributed by atoms with Crippen molar-refractivity contribution < 1.29 is 9.59 Å². The lowest BCUT2D eigenvalue weighted by Gasteiger charge is -2.16. The number of para-hydroxylation sites is 1. The number of anilines is 1. The first kappa shape index (κ1) is 21.4. The number of carbonyl (C=O) groups is 2. The highest BCUT2D eigenvalue weighted by atomic mass is 35.5. The minimum absolute atomic E-state index is 0.116. The predicted octanol–water partition coefficient (Wildman–Crippen LogP) is 3.72. The van der Waals surface area contributed by atoms with Gasteiger partial charge in [0, 0.05) is 25.9 Å². The fourth-order valence-corrected chi connectivity index (χ4v) is 4.44. The van der Waals surface area contributed by atoms with Gasteiger partial charge < -0.3 is 14.8 Å². The maximum absolute atomic E-state index is 12.5. The Kier molecular flexibility index (Phi) is 6.58. The summed E-state index contributed by atoms with van der Waals surface area (Å²) in [5.41, 5.74) is 1.76. The second-order valence-corrected chi connectivity index (χ2v) is 8.71. The van der Waals surface area contributed by atoms with Gasteiger partial charge in [-0.25, -0.2) is 0 Å². The molecule has 4 rings (SSSR count). The fourth-order valence-electron chi connectivity index (χ4n) is 3.53. The summed E-state index contributed by atoms with van der Waals surface area (Å²) in [5, 5.41) is 12.3. The maximum atomic E-state index is 12.5. The van der Waals surface area contributed by atoms with Gasteiger partial charge in [-0.05, 0) is 17.7 Å². The van der Waals surface area contributed by atoms with Crippen molar-refractivity contribution in [3.8, 4) is 0 Å². The average molecular weight is 456 g/mol. The normalized spacial score (nSPS) is 16.0. The van der Waals surface area contributed by atoms with E-state index in [9.17, 15) is 9.59 Å². The Bertz CT molecular complexity index is 1090. The van der Waals surface area contributed by atoms with E-state index in [0.29, 0.717) is 41.2 Å². The van der Waals surface area contributed by atoms with E-state index in [1.54, 1.807) is 18.2 Å². The van der Waals surface area contributed by atoms with E-state index in [1.165, 1.54) is 17.3 Å². The number of nitrogens with one attached hydrogen (secondary N) is 1. The van der Waals surface area contributed by atoms with E-state index in [1.807, 2.05) is 40.8 Å². The fraction of sp³-hybridized carbons (Fsp3) is 0.273. The first-order valence-corrected chi connectivity index (χ1v) is 11.3. The number of halogens is 1. The number of aromatic nitrogens is 3. The molecule has 1 N–H and O–H groups in total. The van der Waals surface area contributed by atoms with Crippen molar-refractivity contribution in [2.24, 2.45) is 7.05 Å². The van der Waals surface area contributed by atoms with Crippen molar-refractivity contribution in [2.75, 3.05) is 17.6 Å². The number of hydrogen-bond acceptors (Lipinski definition) is 5. The molecule has 1 aromatic heterocycles. The van der Waals surface area contributed by atoms with E-state index in [2.05, 4.69) is 27.6 Å². The van der Waals surface area contributed by atoms with Crippen molar-refractivity contribution >= 4 is 40.9 Å². The second kappa shape index (κ2) is 9.53. The molecule has 1 fully saturated rings. The third-order valence-corrected chi connectivity index (χ3v) is 6.57. The van der Waals surface area contributed by atoms with Crippen molar-refractivity contribution in [1.82, 2.24) is 19.7 Å². The number of likely N-dealkylation sites (tertiary alicyclic amines) is 1. The lowest BCUT2D eigenvalue weighted by molar-refractivity contribution is -0.128. The van der Waals surface area contributed by atoms with Crippen molar-refractivity contribution in [3.63, 3.8) is 0 Å². The highest BCUT2D eigenvalue weighted by molar-refractivity contribution is 7.99. The highest BCUT2D eigenvalue weighted by Gasteiger charge is 2.31. The molecule has 0 unspecified atom stereocenters. The molecule has 2 heterocycles. The van der Waals surface area contributed by atoms with Gasteiger partial charge in [-0.15, -0.1) is 10.2 Å². The first-order valence-electron chi connectivity index (χ1n) is 9.89. The molecule has 7 nitrogen and oxygen atoms in total. The molecule has 0 bridgehead atoms. The van der Waals surface area contributed by atoms with Gasteiger partial charge >= 0.3 is 0 Å². The summed E-state index contributed by atoms with van der Waals surface area (Å²) in [6.45, 7) is 1.07. The molecule has 3 aromatic rings. The van der Waals surface area contributed by atoms with Crippen LogP contribution in [0.4, 0.5) is 5.69 Å². The molecule has 31 heavy (non-hydrogen) atoms. The quantitative estimate of drug-likeness (QED) is 0.549. The summed E-state index contributed by atoms with van der Waals surface area (Å²) in [6.07, 6.45) is 0.506. The van der Waals surface area contributed by atoms with Crippen LogP contribution in [0.15, 0.2) is 59.8 Å². The summed E-state index contributed by atoms with van der Waals surface area (Å²) >= 11 is 7.36. The molecule has 9 heteroatoms. The van der Waals surface area contributed by atoms with E-state index >= 15 is 0 Å². The topological polar surface area (TPSA) is 80.1 Å². The van der Waals surface area contributed by atoms with Crippen LogP contribution < -0.4 is 5.32 Å². The average Bonchev–Trinajstić information content (AvgIpc) is 3.32. The Morgan fingerprint density at radius 1 is 1.16 bits per heavy atom. The van der Waals surface area contributed by atoms with Gasteiger partial charge in [0.2, 0.25) is 11.8 Å². The zero-order chi connectivity index (χ0) is 21.8. The molecule has 2 aromatic carbocycles. The van der Waals surface area contributed by atoms with Gasteiger partial charge in [-0.3, -0.25) is 9.59 Å². The third kappa shape index (κ3) is 5.08. The molecule has 0 spiro atoms. The van der Waals surface area contributed by atoms with Gasteiger partial charge in [0.25, 0.3) is 0 Å². The first-order chi connectivity index (χ1) is 15.0. The molecular weight excluding hydrogens is 434 g/mol. The molecule has 0 radical (unpaired) electrons. The molecule has 0 saturated carbocycles. The van der Waals surface area contributed by atoms with E-state index in [-0.39, 0.29) is 23.5 Å². The van der Waals surface area contributed by atoms with Crippen LogP contribution in [0.2, 0.25) is 5.02 Å². The molecule has 1 saturated heterocycles. The van der Waals surface area contributed by atoms with Crippen LogP contribution in [0.25, 0.3) is 0 Å². The van der Waals surface area contributed by atoms with Crippen molar-refractivity contribution in [2.45, 2.75) is 24.0 Å². The summed E-state index contributed by atoms with van der Waals surface area (Å²) in [6, 6.07) is 17.2. The zero-order valence-corrected chi connectivity index (χ0v) is 18.6. The van der Waals surface area contributed by atoms with Crippen LogP contribution in [-0.4, -0.2) is 43.8 Å². The number of benzene rings is 2. The highest BCUT2D eigenvalue weighted by Crippen LogP contribution is 2.29. The Labute approximate surface area is 189 Å². The zero-order valence-electron chi connectivity index (χ0n) is 17.0. The molecule has 1 atom stereocenters. The van der Waals surface area contributed by atoms with Crippen LogP contribution in [0.5, 0.6) is 0 Å². The number of carbonyl (C=O) groups excluding carboxylic acids is 2.